The van der Waals surface area contributed by atoms with Crippen LogP contribution in [0.3, 0.4) is 0 Å². The van der Waals surface area contributed by atoms with Crippen molar-refractivity contribution in [2.75, 3.05) is 67.1 Å². The van der Waals surface area contributed by atoms with Crippen LogP contribution in [0.15, 0.2) is 0 Å². The van der Waals surface area contributed by atoms with Crippen molar-refractivity contribution in [3.05, 3.63) is 0 Å². The van der Waals surface area contributed by atoms with E-state index >= 15 is 0 Å². The smallest absolute Gasteiger partial charge is 0.475 e. The summed E-state index contributed by atoms with van der Waals surface area (Å²) < 4.78 is 74.2. The van der Waals surface area contributed by atoms with Gasteiger partial charge in [0.15, 0.2) is 0 Å². The first kappa shape index (κ1) is 30.8. The number of carboxylic acid groups (broad SMARTS) is 2. The highest BCUT2D eigenvalue weighted by molar-refractivity contribution is 5.78. The Morgan fingerprint density at radius 1 is 1.03 bits per heavy atom. The number of alkyl halides is 6. The number of carboxylic acids is 2. The number of fused-ring (bicyclic) bond motifs is 1. The summed E-state index contributed by atoms with van der Waals surface area (Å²) in [7, 11) is 5.73. The third-order valence-electron chi connectivity index (χ3n) is 4.36. The molecule has 0 spiro atoms. The second-order valence-electron chi connectivity index (χ2n) is 7.15. The van der Waals surface area contributed by atoms with Gasteiger partial charge in [-0.2, -0.15) is 26.3 Å². The average molecular weight is 499 g/mol. The van der Waals surface area contributed by atoms with Crippen LogP contribution in [0.1, 0.15) is 0 Å². The molecule has 2 N–H and O–H groups in total. The summed E-state index contributed by atoms with van der Waals surface area (Å²) in [4.78, 5) is 36.2. The Kier molecular flexibility index (Phi) is 12.6. The summed E-state index contributed by atoms with van der Waals surface area (Å²) in [5.41, 5.74) is 0. The fourth-order valence-corrected chi connectivity index (χ4v) is 2.78. The number of carbonyl (C=O) groups excluding carboxylic acids is 1. The largest absolute Gasteiger partial charge is 0.490 e. The van der Waals surface area contributed by atoms with Crippen LogP contribution in [0.25, 0.3) is 0 Å². The first-order valence-corrected chi connectivity index (χ1v) is 9.38. The number of carbonyl (C=O) groups is 3. The van der Waals surface area contributed by atoms with Crippen LogP contribution < -0.4 is 0 Å². The number of ether oxygens (including phenoxy) is 2. The van der Waals surface area contributed by atoms with Crippen molar-refractivity contribution in [2.24, 2.45) is 0 Å². The highest BCUT2D eigenvalue weighted by Gasteiger charge is 2.41. The number of methoxy groups -OCH3 is 1. The minimum atomic E-state index is -5.08. The monoisotopic (exact) mass is 499 g/mol. The standard InChI is InChI=1S/C13H25N3O3.2C2HF3O2/c1-14(2)4-5-15-6-7-19-12-9-16(8-11(12)15)13(17)10-18-3;2*3-2(4,5)1(6)7/h11-12H,4-10H2,1-3H3;2*(H,6,7)/t11-,12+;;/m1../s1. The van der Waals surface area contributed by atoms with Crippen LogP contribution in [-0.2, 0) is 23.9 Å². The zero-order valence-corrected chi connectivity index (χ0v) is 18.1. The number of amides is 1. The maximum Gasteiger partial charge on any atom is 0.490 e. The number of rotatable bonds is 5. The second-order valence-corrected chi connectivity index (χ2v) is 7.15. The number of aliphatic carboxylic acids is 2. The normalized spacial score (nSPS) is 20.8. The molecule has 2 aliphatic rings. The molecule has 16 heteroatoms. The highest BCUT2D eigenvalue weighted by Crippen LogP contribution is 2.22. The molecule has 0 aromatic heterocycles. The van der Waals surface area contributed by atoms with Crippen molar-refractivity contribution < 1.29 is 60.4 Å². The molecule has 2 fully saturated rings. The summed E-state index contributed by atoms with van der Waals surface area (Å²) in [5, 5.41) is 14.2. The molecule has 2 aliphatic heterocycles. The Labute approximate surface area is 185 Å². The number of hydrogen-bond donors (Lipinski definition) is 2. The molecule has 194 valence electrons. The first-order valence-electron chi connectivity index (χ1n) is 9.38. The Hall–Kier alpha value is -2.17. The molecule has 2 rings (SSSR count). The Morgan fingerprint density at radius 3 is 1.91 bits per heavy atom. The fraction of sp³-hybridized carbons (Fsp3) is 0.824. The van der Waals surface area contributed by atoms with Gasteiger partial charge >= 0.3 is 24.3 Å². The summed E-state index contributed by atoms with van der Waals surface area (Å²) in [5.74, 6) is -5.45. The van der Waals surface area contributed by atoms with Gasteiger partial charge < -0.3 is 29.5 Å². The molecular formula is C17H27F6N3O7. The molecule has 0 saturated carbocycles. The predicted molar refractivity (Wildman–Crippen MR) is 99.5 cm³/mol. The minimum absolute atomic E-state index is 0.0630. The van der Waals surface area contributed by atoms with Crippen LogP contribution in [-0.4, -0.2) is 134 Å². The van der Waals surface area contributed by atoms with Gasteiger partial charge in [0.2, 0.25) is 5.91 Å². The zero-order chi connectivity index (χ0) is 26.0. The van der Waals surface area contributed by atoms with Crippen LogP contribution in [0.4, 0.5) is 26.3 Å². The van der Waals surface area contributed by atoms with Crippen molar-refractivity contribution in [1.29, 1.82) is 0 Å². The average Bonchev–Trinajstić information content (AvgIpc) is 3.11. The molecule has 0 aromatic carbocycles. The summed E-state index contributed by atoms with van der Waals surface area (Å²) in [6, 6.07) is 0.342. The van der Waals surface area contributed by atoms with Crippen molar-refractivity contribution in [2.45, 2.75) is 24.5 Å². The molecule has 2 heterocycles. The van der Waals surface area contributed by atoms with E-state index in [9.17, 15) is 31.1 Å². The number of halogens is 6. The molecule has 33 heavy (non-hydrogen) atoms. The number of nitrogens with zero attached hydrogens (tertiary/aromatic N) is 3. The molecule has 0 radical (unpaired) electrons. The number of hydrogen-bond acceptors (Lipinski definition) is 7. The number of likely N-dealkylation sites (N-methyl/N-ethyl adjacent to an activating group) is 1. The SMILES string of the molecule is COCC(=O)N1C[C@@H]2OCCN(CCN(C)C)[C@@H]2C1.O=C(O)C(F)(F)F.O=C(O)C(F)(F)F. The molecule has 0 bridgehead atoms. The van der Waals surface area contributed by atoms with Crippen molar-refractivity contribution in [1.82, 2.24) is 14.7 Å². The molecule has 2 saturated heterocycles. The van der Waals surface area contributed by atoms with Gasteiger partial charge in [0, 0.05) is 39.8 Å². The van der Waals surface area contributed by atoms with Gasteiger partial charge in [-0.1, -0.05) is 0 Å². The van der Waals surface area contributed by atoms with E-state index in [1.807, 2.05) is 4.90 Å². The molecule has 0 aromatic rings. The van der Waals surface area contributed by atoms with Gasteiger partial charge in [-0.25, -0.2) is 9.59 Å². The Morgan fingerprint density at radius 2 is 1.52 bits per heavy atom. The summed E-state index contributed by atoms with van der Waals surface area (Å²) in [6.07, 6.45) is -10.0. The molecule has 0 aliphatic carbocycles. The summed E-state index contributed by atoms with van der Waals surface area (Å²) in [6.45, 7) is 5.42. The zero-order valence-electron chi connectivity index (χ0n) is 18.1. The minimum Gasteiger partial charge on any atom is -0.475 e. The van der Waals surface area contributed by atoms with Gasteiger partial charge in [0.25, 0.3) is 0 Å². The van der Waals surface area contributed by atoms with Gasteiger partial charge in [0.05, 0.1) is 18.8 Å². The molecule has 10 nitrogen and oxygen atoms in total. The lowest BCUT2D eigenvalue weighted by Gasteiger charge is -2.37. The Balaban J connectivity index is 0.000000605. The maximum atomic E-state index is 11.9. The van der Waals surface area contributed by atoms with Gasteiger partial charge in [-0.05, 0) is 14.1 Å². The quantitative estimate of drug-likeness (QED) is 0.517. The topological polar surface area (TPSA) is 120 Å². The van der Waals surface area contributed by atoms with E-state index in [-0.39, 0.29) is 18.6 Å². The maximum absolute atomic E-state index is 11.9. The van der Waals surface area contributed by atoms with Gasteiger partial charge in [0.1, 0.15) is 6.61 Å². The van der Waals surface area contributed by atoms with E-state index in [0.717, 1.165) is 32.8 Å². The first-order chi connectivity index (χ1) is 15.0. The Bertz CT molecular complexity index is 622. The van der Waals surface area contributed by atoms with E-state index < -0.39 is 24.3 Å². The lowest BCUT2D eigenvalue weighted by Crippen LogP contribution is -2.52. The van der Waals surface area contributed by atoms with Crippen molar-refractivity contribution in [3.8, 4) is 0 Å². The second kappa shape index (κ2) is 13.5. The third-order valence-corrected chi connectivity index (χ3v) is 4.36. The van der Waals surface area contributed by atoms with E-state index in [0.29, 0.717) is 12.6 Å². The molecule has 2 atom stereocenters. The van der Waals surface area contributed by atoms with Crippen LogP contribution in [0, 0.1) is 0 Å². The highest BCUT2D eigenvalue weighted by atomic mass is 19.4. The molecule has 1 amide bonds. The summed E-state index contributed by atoms with van der Waals surface area (Å²) >= 11 is 0. The third kappa shape index (κ3) is 12.0. The number of morpholine rings is 1. The van der Waals surface area contributed by atoms with Crippen molar-refractivity contribution in [3.63, 3.8) is 0 Å². The van der Waals surface area contributed by atoms with E-state index in [4.69, 9.17) is 29.3 Å². The van der Waals surface area contributed by atoms with Crippen LogP contribution in [0.5, 0.6) is 0 Å². The molecule has 0 unspecified atom stereocenters. The van der Waals surface area contributed by atoms with Crippen LogP contribution >= 0.6 is 0 Å². The van der Waals surface area contributed by atoms with E-state index in [1.54, 1.807) is 7.11 Å². The molecular weight excluding hydrogens is 472 g/mol. The lowest BCUT2D eigenvalue weighted by atomic mass is 10.1. The van der Waals surface area contributed by atoms with E-state index in [1.165, 1.54) is 0 Å². The van der Waals surface area contributed by atoms with Gasteiger partial charge in [-0.3, -0.25) is 9.69 Å². The van der Waals surface area contributed by atoms with Gasteiger partial charge in [-0.15, -0.1) is 0 Å². The number of likely N-dealkylation sites (tertiary alicyclic amines) is 1. The van der Waals surface area contributed by atoms with Crippen molar-refractivity contribution >= 4 is 17.8 Å². The predicted octanol–water partition coefficient (Wildman–Crippen LogP) is 0.373. The van der Waals surface area contributed by atoms with Crippen LogP contribution in [0.2, 0.25) is 0 Å². The van der Waals surface area contributed by atoms with E-state index in [2.05, 4.69) is 23.9 Å². The fourth-order valence-electron chi connectivity index (χ4n) is 2.78. The lowest BCUT2D eigenvalue weighted by molar-refractivity contribution is -0.193.